The van der Waals surface area contributed by atoms with Gasteiger partial charge < -0.3 is 4.74 Å². The first kappa shape index (κ1) is 19.7. The first-order valence-electron chi connectivity index (χ1n) is 7.61. The van der Waals surface area contributed by atoms with Crippen LogP contribution in [0.1, 0.15) is 21.7 Å². The molecule has 0 amide bonds. The molecule has 0 radical (unpaired) electrons. The van der Waals surface area contributed by atoms with Gasteiger partial charge in [0, 0.05) is 23.9 Å². The number of ether oxygens (including phenoxy) is 1. The van der Waals surface area contributed by atoms with Gasteiger partial charge in [-0.15, -0.1) is 24.5 Å². The van der Waals surface area contributed by atoms with E-state index in [-0.39, 0.29) is 17.8 Å². The molecule has 0 bridgehead atoms. The average Bonchev–Trinajstić information content (AvgIpc) is 3.10. The van der Waals surface area contributed by atoms with E-state index in [2.05, 4.69) is 9.73 Å². The summed E-state index contributed by atoms with van der Waals surface area (Å²) in [6, 6.07) is 8.94. The summed E-state index contributed by atoms with van der Waals surface area (Å²) in [5.74, 6) is -0.728. The summed E-state index contributed by atoms with van der Waals surface area (Å²) in [5, 5.41) is 1.97. The van der Waals surface area contributed by atoms with Crippen LogP contribution in [0, 0.1) is 0 Å². The number of aliphatic imine (C=N–C) groups is 1. The lowest BCUT2D eigenvalue weighted by Crippen LogP contribution is -2.17. The Kier molecular flexibility index (Phi) is 6.91. The van der Waals surface area contributed by atoms with Crippen molar-refractivity contribution in [2.45, 2.75) is 12.8 Å². The zero-order valence-corrected chi connectivity index (χ0v) is 14.7. The fourth-order valence-corrected chi connectivity index (χ4v) is 2.65. The van der Waals surface area contributed by atoms with Crippen LogP contribution in [-0.4, -0.2) is 24.9 Å². The lowest BCUT2D eigenvalue weighted by atomic mass is 10.1. The number of carbonyl (C=O) groups excluding carboxylic acids is 1. The predicted octanol–water partition coefficient (Wildman–Crippen LogP) is 5.56. The van der Waals surface area contributed by atoms with Crippen molar-refractivity contribution < 1.29 is 22.7 Å². The fraction of sp³-hybridized carbons (Fsp3) is 0.158. The van der Waals surface area contributed by atoms with E-state index < -0.39 is 12.1 Å². The Labute approximate surface area is 153 Å². The van der Waals surface area contributed by atoms with E-state index in [0.717, 1.165) is 17.0 Å². The van der Waals surface area contributed by atoms with Gasteiger partial charge in [0.2, 0.25) is 0 Å². The third kappa shape index (κ3) is 6.68. The molecule has 1 aromatic carbocycles. The van der Waals surface area contributed by atoms with Crippen LogP contribution in [0.15, 0.2) is 65.0 Å². The number of hydrogen-bond acceptors (Lipinski definition) is 4. The summed E-state index contributed by atoms with van der Waals surface area (Å²) in [4.78, 5) is 17.3. The molecule has 0 aliphatic rings. The van der Waals surface area contributed by atoms with Crippen molar-refractivity contribution in [1.29, 1.82) is 0 Å². The second-order valence-corrected chi connectivity index (χ2v) is 6.08. The number of halogens is 3. The Balaban J connectivity index is 1.97. The van der Waals surface area contributed by atoms with Crippen molar-refractivity contribution in [3.8, 4) is 5.75 Å². The Morgan fingerprint density at radius 3 is 2.69 bits per heavy atom. The molecule has 0 saturated carbocycles. The average molecular weight is 379 g/mol. The molecule has 136 valence electrons. The minimum atomic E-state index is -4.79. The van der Waals surface area contributed by atoms with Crippen LogP contribution < -0.4 is 4.74 Å². The predicted molar refractivity (Wildman–Crippen MR) is 97.9 cm³/mol. The van der Waals surface area contributed by atoms with E-state index in [0.29, 0.717) is 5.71 Å². The molecule has 2 rings (SSSR count). The summed E-state index contributed by atoms with van der Waals surface area (Å²) < 4.78 is 40.5. The van der Waals surface area contributed by atoms with E-state index in [1.165, 1.54) is 12.1 Å². The number of ketones is 1. The monoisotopic (exact) mass is 379 g/mol. The number of Topliss-reactive ketones (excluding diaryl/α,β-unsaturated/α-hetero) is 1. The lowest BCUT2D eigenvalue weighted by Gasteiger charge is -2.09. The standard InChI is InChI=1S/C19H16F3NO2S/c1-23-15(10-11-17-8-4-12-26-17)6-3-9-18(24)14-5-2-7-16(13-14)25-19(20,21)22/h2-8,10-13H,9H2,1H3/b6-3-,11-10+,23-15?. The van der Waals surface area contributed by atoms with Gasteiger partial charge in [-0.2, -0.15) is 0 Å². The number of alkyl halides is 3. The normalized spacial score (nSPS) is 12.8. The van der Waals surface area contributed by atoms with Crippen LogP contribution in [0.3, 0.4) is 0 Å². The molecule has 0 aliphatic carbocycles. The molecule has 0 atom stereocenters. The van der Waals surface area contributed by atoms with Gasteiger partial charge >= 0.3 is 6.36 Å². The summed E-state index contributed by atoms with van der Waals surface area (Å²) in [5.41, 5.74) is 0.834. The molecular weight excluding hydrogens is 363 g/mol. The van der Waals surface area contributed by atoms with Crippen molar-refractivity contribution in [3.63, 3.8) is 0 Å². The SMILES string of the molecule is CN=C(/C=C\CC(=O)c1cccc(OC(F)(F)F)c1)/C=C/c1cccs1. The van der Waals surface area contributed by atoms with Crippen molar-refractivity contribution in [2.24, 2.45) is 4.99 Å². The Hall–Kier alpha value is -2.67. The highest BCUT2D eigenvalue weighted by molar-refractivity contribution is 7.10. The number of hydrogen-bond donors (Lipinski definition) is 0. The minimum Gasteiger partial charge on any atom is -0.406 e. The summed E-state index contributed by atoms with van der Waals surface area (Å²) >= 11 is 1.59. The molecule has 0 fully saturated rings. The molecule has 0 N–H and O–H groups in total. The van der Waals surface area contributed by atoms with Gasteiger partial charge in [-0.25, -0.2) is 0 Å². The zero-order valence-electron chi connectivity index (χ0n) is 13.9. The van der Waals surface area contributed by atoms with E-state index >= 15 is 0 Å². The number of nitrogens with zero attached hydrogens (tertiary/aromatic N) is 1. The number of allylic oxidation sites excluding steroid dienone is 3. The molecule has 0 spiro atoms. The highest BCUT2D eigenvalue weighted by Gasteiger charge is 2.31. The van der Waals surface area contributed by atoms with Crippen LogP contribution in [-0.2, 0) is 0 Å². The fourth-order valence-electron chi connectivity index (χ4n) is 2.03. The van der Waals surface area contributed by atoms with E-state index in [9.17, 15) is 18.0 Å². The molecule has 2 aromatic rings. The van der Waals surface area contributed by atoms with E-state index in [1.807, 2.05) is 29.7 Å². The first-order valence-corrected chi connectivity index (χ1v) is 8.49. The molecular formula is C19H16F3NO2S. The van der Waals surface area contributed by atoms with Gasteiger partial charge in [0.15, 0.2) is 5.78 Å². The highest BCUT2D eigenvalue weighted by atomic mass is 32.1. The first-order chi connectivity index (χ1) is 12.4. The smallest absolute Gasteiger partial charge is 0.406 e. The van der Waals surface area contributed by atoms with Crippen LogP contribution in [0.4, 0.5) is 13.2 Å². The maximum Gasteiger partial charge on any atom is 0.573 e. The molecule has 26 heavy (non-hydrogen) atoms. The van der Waals surface area contributed by atoms with E-state index in [1.54, 1.807) is 30.5 Å². The Morgan fingerprint density at radius 1 is 1.23 bits per heavy atom. The molecule has 3 nitrogen and oxygen atoms in total. The third-order valence-electron chi connectivity index (χ3n) is 3.20. The second kappa shape index (κ2) is 9.15. The molecule has 0 aliphatic heterocycles. The van der Waals surface area contributed by atoms with Crippen molar-refractivity contribution in [3.05, 3.63) is 70.4 Å². The number of benzene rings is 1. The lowest BCUT2D eigenvalue weighted by molar-refractivity contribution is -0.274. The Bertz CT molecular complexity index is 822. The zero-order chi connectivity index (χ0) is 19.0. The van der Waals surface area contributed by atoms with Gasteiger partial charge in [0.1, 0.15) is 5.75 Å². The van der Waals surface area contributed by atoms with Gasteiger partial charge in [-0.3, -0.25) is 9.79 Å². The number of thiophene rings is 1. The minimum absolute atomic E-state index is 0.0430. The summed E-state index contributed by atoms with van der Waals surface area (Å²) in [7, 11) is 1.64. The van der Waals surface area contributed by atoms with Crippen LogP contribution in [0.5, 0.6) is 5.75 Å². The number of carbonyl (C=O) groups is 1. The summed E-state index contributed by atoms with van der Waals surface area (Å²) in [6.45, 7) is 0. The molecule has 7 heteroatoms. The van der Waals surface area contributed by atoms with Crippen LogP contribution in [0.2, 0.25) is 0 Å². The molecule has 0 saturated heterocycles. The molecule has 0 unspecified atom stereocenters. The quantitative estimate of drug-likeness (QED) is 0.467. The Morgan fingerprint density at radius 2 is 2.04 bits per heavy atom. The largest absolute Gasteiger partial charge is 0.573 e. The van der Waals surface area contributed by atoms with Gasteiger partial charge in [-0.05, 0) is 41.8 Å². The second-order valence-electron chi connectivity index (χ2n) is 5.10. The van der Waals surface area contributed by atoms with Crippen LogP contribution >= 0.6 is 11.3 Å². The molecule has 1 aromatic heterocycles. The highest BCUT2D eigenvalue weighted by Crippen LogP contribution is 2.23. The maximum absolute atomic E-state index is 12.2. The number of rotatable bonds is 7. The topological polar surface area (TPSA) is 38.7 Å². The maximum atomic E-state index is 12.2. The third-order valence-corrected chi connectivity index (χ3v) is 4.04. The van der Waals surface area contributed by atoms with Crippen molar-refractivity contribution in [2.75, 3.05) is 7.05 Å². The molecule has 1 heterocycles. The van der Waals surface area contributed by atoms with E-state index in [4.69, 9.17) is 0 Å². The summed E-state index contributed by atoms with van der Waals surface area (Å²) in [6.07, 6.45) is 2.31. The van der Waals surface area contributed by atoms with Crippen LogP contribution in [0.25, 0.3) is 6.08 Å². The van der Waals surface area contributed by atoms with Crippen molar-refractivity contribution in [1.82, 2.24) is 0 Å². The van der Waals surface area contributed by atoms with Gasteiger partial charge in [0.05, 0.1) is 5.71 Å². The van der Waals surface area contributed by atoms with Crippen molar-refractivity contribution >= 4 is 28.9 Å². The van der Waals surface area contributed by atoms with Gasteiger partial charge in [0.25, 0.3) is 0 Å². The van der Waals surface area contributed by atoms with Gasteiger partial charge in [-0.1, -0.05) is 24.3 Å².